The highest BCUT2D eigenvalue weighted by molar-refractivity contribution is 7.15. The van der Waals surface area contributed by atoms with E-state index in [0.29, 0.717) is 24.6 Å². The fraction of sp³-hybridized carbons (Fsp3) is 0.500. The minimum Gasteiger partial charge on any atom is -0.339 e. The Hall–Kier alpha value is -1.83. The lowest BCUT2D eigenvalue weighted by Crippen LogP contribution is -2.10. The van der Waals surface area contributed by atoms with Gasteiger partial charge in [0.05, 0.1) is 5.69 Å². The van der Waals surface area contributed by atoms with E-state index in [0.717, 1.165) is 16.3 Å². The maximum absolute atomic E-state index is 13.2. The molecule has 0 bridgehead atoms. The van der Waals surface area contributed by atoms with Crippen LogP contribution in [0.15, 0.2) is 16.1 Å². The number of rotatable bonds is 3. The number of aromatic nitrogens is 4. The van der Waals surface area contributed by atoms with Crippen molar-refractivity contribution in [3.8, 4) is 11.5 Å². The van der Waals surface area contributed by atoms with Crippen molar-refractivity contribution in [1.82, 2.24) is 19.5 Å². The first-order valence-electron chi connectivity index (χ1n) is 7.15. The van der Waals surface area contributed by atoms with Gasteiger partial charge in [-0.1, -0.05) is 5.16 Å². The van der Waals surface area contributed by atoms with Crippen molar-refractivity contribution in [2.75, 3.05) is 0 Å². The molecule has 0 amide bonds. The summed E-state index contributed by atoms with van der Waals surface area (Å²) in [6.45, 7) is 1.89. The SMILES string of the molecule is Cc1nc2sccn2c1-c1noc(C[C@H]2CCC(F)(F)C2)n1. The van der Waals surface area contributed by atoms with Crippen molar-refractivity contribution in [2.24, 2.45) is 5.92 Å². The van der Waals surface area contributed by atoms with Crippen LogP contribution in [0.4, 0.5) is 8.78 Å². The van der Waals surface area contributed by atoms with Gasteiger partial charge < -0.3 is 4.52 Å². The van der Waals surface area contributed by atoms with Gasteiger partial charge in [-0.05, 0) is 19.3 Å². The van der Waals surface area contributed by atoms with Gasteiger partial charge in [-0.3, -0.25) is 4.40 Å². The van der Waals surface area contributed by atoms with Crippen LogP contribution in [-0.2, 0) is 6.42 Å². The Balaban J connectivity index is 1.59. The van der Waals surface area contributed by atoms with Gasteiger partial charge >= 0.3 is 0 Å². The van der Waals surface area contributed by atoms with Gasteiger partial charge in [0.25, 0.3) is 0 Å². The first-order valence-corrected chi connectivity index (χ1v) is 8.03. The third-order valence-corrected chi connectivity index (χ3v) is 4.84. The Morgan fingerprint density at radius 2 is 2.32 bits per heavy atom. The lowest BCUT2D eigenvalue weighted by Gasteiger charge is -2.07. The largest absolute Gasteiger partial charge is 0.339 e. The van der Waals surface area contributed by atoms with E-state index in [1.54, 1.807) is 0 Å². The molecule has 8 heteroatoms. The fourth-order valence-electron chi connectivity index (χ4n) is 3.06. The van der Waals surface area contributed by atoms with Crippen LogP contribution in [0.3, 0.4) is 0 Å². The number of nitrogens with zero attached hydrogens (tertiary/aromatic N) is 4. The Kier molecular flexibility index (Phi) is 3.04. The second-order valence-electron chi connectivity index (χ2n) is 5.78. The van der Waals surface area contributed by atoms with E-state index in [2.05, 4.69) is 15.1 Å². The van der Waals surface area contributed by atoms with Crippen LogP contribution < -0.4 is 0 Å². The number of thiazole rings is 1. The van der Waals surface area contributed by atoms with Crippen molar-refractivity contribution >= 4 is 16.3 Å². The predicted molar refractivity (Wildman–Crippen MR) is 77.1 cm³/mol. The standard InChI is InChI=1S/C14H14F2N4OS/c1-8-11(20-4-5-22-13(20)17-8)12-18-10(21-19-12)6-9-2-3-14(15,16)7-9/h4-5,9H,2-3,6-7H2,1H3/t9-/m1/s1. The van der Waals surface area contributed by atoms with E-state index in [9.17, 15) is 8.78 Å². The second kappa shape index (κ2) is 4.84. The van der Waals surface area contributed by atoms with Gasteiger partial charge in [-0.15, -0.1) is 11.3 Å². The summed E-state index contributed by atoms with van der Waals surface area (Å²) < 4.78 is 33.7. The predicted octanol–water partition coefficient (Wildman–Crippen LogP) is 3.73. The van der Waals surface area contributed by atoms with Crippen LogP contribution in [0.2, 0.25) is 0 Å². The molecule has 0 radical (unpaired) electrons. The number of imidazole rings is 1. The summed E-state index contributed by atoms with van der Waals surface area (Å²) in [5, 5.41) is 5.94. The van der Waals surface area contributed by atoms with E-state index in [-0.39, 0.29) is 18.8 Å². The van der Waals surface area contributed by atoms with Crippen molar-refractivity contribution in [3.05, 3.63) is 23.2 Å². The molecule has 4 rings (SSSR count). The molecule has 0 spiro atoms. The highest BCUT2D eigenvalue weighted by Crippen LogP contribution is 2.40. The molecular weight excluding hydrogens is 310 g/mol. The number of hydrogen-bond acceptors (Lipinski definition) is 5. The van der Waals surface area contributed by atoms with Gasteiger partial charge in [-0.25, -0.2) is 13.8 Å². The zero-order valence-corrected chi connectivity index (χ0v) is 12.7. The number of hydrogen-bond donors (Lipinski definition) is 0. The third-order valence-electron chi connectivity index (χ3n) is 4.09. The van der Waals surface area contributed by atoms with Gasteiger partial charge in [0.1, 0.15) is 5.69 Å². The average molecular weight is 324 g/mol. The number of halogens is 2. The van der Waals surface area contributed by atoms with Gasteiger partial charge in [-0.2, -0.15) is 4.98 Å². The Bertz CT molecular complexity index is 822. The molecule has 22 heavy (non-hydrogen) atoms. The minimum atomic E-state index is -2.54. The Morgan fingerprint density at radius 1 is 1.45 bits per heavy atom. The van der Waals surface area contributed by atoms with Crippen molar-refractivity contribution in [3.63, 3.8) is 0 Å². The second-order valence-corrected chi connectivity index (χ2v) is 6.66. The molecule has 5 nitrogen and oxygen atoms in total. The summed E-state index contributed by atoms with van der Waals surface area (Å²) in [6.07, 6.45) is 2.68. The van der Waals surface area contributed by atoms with E-state index >= 15 is 0 Å². The molecule has 1 atom stereocenters. The van der Waals surface area contributed by atoms with Crippen molar-refractivity contribution < 1.29 is 13.3 Å². The van der Waals surface area contributed by atoms with E-state index in [1.165, 1.54) is 11.3 Å². The molecule has 0 aliphatic heterocycles. The normalized spacial score (nSPS) is 21.0. The molecule has 1 fully saturated rings. The van der Waals surface area contributed by atoms with Crippen LogP contribution in [-0.4, -0.2) is 25.4 Å². The van der Waals surface area contributed by atoms with Crippen LogP contribution >= 0.6 is 11.3 Å². The molecule has 1 aliphatic rings. The van der Waals surface area contributed by atoms with Crippen LogP contribution in [0.25, 0.3) is 16.5 Å². The van der Waals surface area contributed by atoms with Gasteiger partial charge in [0.2, 0.25) is 17.6 Å². The summed E-state index contributed by atoms with van der Waals surface area (Å²) in [6, 6.07) is 0. The third kappa shape index (κ3) is 2.31. The summed E-state index contributed by atoms with van der Waals surface area (Å²) in [5.41, 5.74) is 1.62. The molecule has 116 valence electrons. The molecular formula is C14H14F2N4OS. The minimum absolute atomic E-state index is 0.0457. The maximum Gasteiger partial charge on any atom is 0.248 e. The van der Waals surface area contributed by atoms with E-state index < -0.39 is 5.92 Å². The fourth-order valence-corrected chi connectivity index (χ4v) is 3.82. The molecule has 0 unspecified atom stereocenters. The summed E-state index contributed by atoms with van der Waals surface area (Å²) in [4.78, 5) is 9.69. The average Bonchev–Trinajstić information content (AvgIpc) is 3.16. The maximum atomic E-state index is 13.2. The highest BCUT2D eigenvalue weighted by atomic mass is 32.1. The van der Waals surface area contributed by atoms with E-state index in [1.807, 2.05) is 22.9 Å². The van der Waals surface area contributed by atoms with Crippen molar-refractivity contribution in [1.29, 1.82) is 0 Å². The summed E-state index contributed by atoms with van der Waals surface area (Å²) in [7, 11) is 0. The molecule has 1 aliphatic carbocycles. The first kappa shape index (κ1) is 13.8. The van der Waals surface area contributed by atoms with Crippen LogP contribution in [0.5, 0.6) is 0 Å². The zero-order chi connectivity index (χ0) is 15.3. The van der Waals surface area contributed by atoms with E-state index in [4.69, 9.17) is 4.52 Å². The summed E-state index contributed by atoms with van der Waals surface area (Å²) in [5.74, 6) is -1.75. The zero-order valence-electron chi connectivity index (χ0n) is 11.9. The van der Waals surface area contributed by atoms with Crippen LogP contribution in [0, 0.1) is 12.8 Å². The highest BCUT2D eigenvalue weighted by Gasteiger charge is 2.40. The lowest BCUT2D eigenvalue weighted by atomic mass is 10.0. The smallest absolute Gasteiger partial charge is 0.248 e. The number of alkyl halides is 2. The number of fused-ring (bicyclic) bond motifs is 1. The molecule has 3 aromatic heterocycles. The number of aryl methyl sites for hydroxylation is 1. The molecule has 3 heterocycles. The monoisotopic (exact) mass is 324 g/mol. The Morgan fingerprint density at radius 3 is 3.09 bits per heavy atom. The molecule has 3 aromatic rings. The molecule has 0 saturated heterocycles. The molecule has 0 N–H and O–H groups in total. The lowest BCUT2D eigenvalue weighted by molar-refractivity contribution is 0.00483. The Labute approximate surface area is 129 Å². The molecule has 1 saturated carbocycles. The van der Waals surface area contributed by atoms with Gasteiger partial charge in [0.15, 0.2) is 4.96 Å². The van der Waals surface area contributed by atoms with Crippen molar-refractivity contribution in [2.45, 2.75) is 38.5 Å². The summed E-state index contributed by atoms with van der Waals surface area (Å²) >= 11 is 1.53. The topological polar surface area (TPSA) is 56.2 Å². The van der Waals surface area contributed by atoms with Gasteiger partial charge in [0, 0.05) is 30.8 Å². The van der Waals surface area contributed by atoms with Crippen LogP contribution in [0.1, 0.15) is 30.8 Å². The quantitative estimate of drug-likeness (QED) is 0.736. The first-order chi connectivity index (χ1) is 10.5. The molecule has 0 aromatic carbocycles.